The molecule has 2 atom stereocenters. The molecule has 0 aromatic heterocycles. The molecule has 3 nitrogen and oxygen atoms in total. The van der Waals surface area contributed by atoms with Crippen molar-refractivity contribution >= 4 is 0 Å². The Morgan fingerprint density at radius 3 is 1.75 bits per heavy atom. The molecule has 0 saturated carbocycles. The van der Waals surface area contributed by atoms with E-state index in [0.29, 0.717) is 11.0 Å². The van der Waals surface area contributed by atoms with Crippen LogP contribution in [-0.2, 0) is 0 Å². The summed E-state index contributed by atoms with van der Waals surface area (Å²) in [5, 5.41) is 20.4. The van der Waals surface area contributed by atoms with Crippen LogP contribution in [0.4, 0.5) is 0 Å². The van der Waals surface area contributed by atoms with Gasteiger partial charge in [-0.2, -0.15) is 0 Å². The van der Waals surface area contributed by atoms with Gasteiger partial charge >= 0.3 is 0 Å². The van der Waals surface area contributed by atoms with Gasteiger partial charge in [0, 0.05) is 0 Å². The van der Waals surface area contributed by atoms with E-state index in [1.165, 1.54) is 11.1 Å². The lowest BCUT2D eigenvalue weighted by Gasteiger charge is -2.35. The van der Waals surface area contributed by atoms with Gasteiger partial charge in [0.15, 0.2) is 0 Å². The van der Waals surface area contributed by atoms with Gasteiger partial charge < -0.3 is 14.7 Å². The van der Waals surface area contributed by atoms with E-state index in [1.807, 2.05) is 24.3 Å². The highest BCUT2D eigenvalue weighted by atomic mass is 16.3. The summed E-state index contributed by atoms with van der Waals surface area (Å²) >= 11 is 0. The van der Waals surface area contributed by atoms with Gasteiger partial charge in [0.1, 0.15) is 6.54 Å². The molecule has 130 valence electrons. The van der Waals surface area contributed by atoms with Crippen molar-refractivity contribution in [3.05, 3.63) is 70.8 Å². The van der Waals surface area contributed by atoms with Crippen molar-refractivity contribution in [1.29, 1.82) is 0 Å². The minimum atomic E-state index is -0.565. The Hall–Kier alpha value is -1.68. The van der Waals surface area contributed by atoms with Gasteiger partial charge in [-0.3, -0.25) is 0 Å². The van der Waals surface area contributed by atoms with Crippen LogP contribution >= 0.6 is 0 Å². The zero-order chi connectivity index (χ0) is 17.7. The number of likely N-dealkylation sites (N-methyl/N-ethyl adjacent to an activating group) is 1. The van der Waals surface area contributed by atoms with E-state index >= 15 is 0 Å². The molecule has 0 fully saturated rings. The molecule has 2 unspecified atom stereocenters. The fourth-order valence-electron chi connectivity index (χ4n) is 3.09. The van der Waals surface area contributed by atoms with Crippen LogP contribution in [0, 0.1) is 13.8 Å². The molecule has 0 spiro atoms. The normalized spacial score (nSPS) is 14.4. The van der Waals surface area contributed by atoms with Crippen molar-refractivity contribution in [1.82, 2.24) is 0 Å². The minimum Gasteiger partial charge on any atom is -0.391 e. The van der Waals surface area contributed by atoms with E-state index in [1.54, 1.807) is 0 Å². The number of aliphatic hydroxyl groups is 2. The van der Waals surface area contributed by atoms with Gasteiger partial charge in [0.25, 0.3) is 0 Å². The Bertz CT molecular complexity index is 632. The van der Waals surface area contributed by atoms with Crippen molar-refractivity contribution in [2.24, 2.45) is 0 Å². The fraction of sp³-hybridized carbons (Fsp3) is 0.429. The minimum absolute atomic E-state index is 0.0187. The summed E-state index contributed by atoms with van der Waals surface area (Å²) in [5.41, 5.74) is 4.48. The van der Waals surface area contributed by atoms with Crippen molar-refractivity contribution in [3.63, 3.8) is 0 Å². The molecule has 2 aromatic rings. The van der Waals surface area contributed by atoms with Crippen LogP contribution in [0.1, 0.15) is 34.3 Å². The molecule has 0 aliphatic heterocycles. The van der Waals surface area contributed by atoms with Gasteiger partial charge in [-0.1, -0.05) is 59.7 Å². The molecule has 0 heterocycles. The predicted molar refractivity (Wildman–Crippen MR) is 99.0 cm³/mol. The molecule has 0 aliphatic carbocycles. The van der Waals surface area contributed by atoms with E-state index in [2.05, 4.69) is 52.2 Å². The topological polar surface area (TPSA) is 40.5 Å². The highest BCUT2D eigenvalue weighted by Crippen LogP contribution is 2.33. The Balaban J connectivity index is 2.34. The van der Waals surface area contributed by atoms with Gasteiger partial charge in [0.05, 0.1) is 39.3 Å². The van der Waals surface area contributed by atoms with Crippen LogP contribution in [0.5, 0.6) is 0 Å². The third-order valence-corrected chi connectivity index (χ3v) is 4.70. The maximum Gasteiger partial charge on any atom is 0.102 e. The predicted octanol–water partition coefficient (Wildman–Crippen LogP) is 3.19. The van der Waals surface area contributed by atoms with Crippen LogP contribution in [0.2, 0.25) is 0 Å². The molecular formula is C21H30NO2+. The van der Waals surface area contributed by atoms with Crippen LogP contribution < -0.4 is 0 Å². The van der Waals surface area contributed by atoms with E-state index in [4.69, 9.17) is 0 Å². The number of nitrogens with zero attached hydrogens (tertiary/aromatic N) is 1. The summed E-state index contributed by atoms with van der Waals surface area (Å²) in [7, 11) is 4.19. The molecule has 0 aliphatic rings. The molecule has 0 radical (unpaired) electrons. The first-order valence-electron chi connectivity index (χ1n) is 8.56. The van der Waals surface area contributed by atoms with Crippen molar-refractivity contribution in [2.45, 2.75) is 25.9 Å². The maximum absolute atomic E-state index is 11.1. The zero-order valence-corrected chi connectivity index (χ0v) is 15.2. The molecule has 3 heteroatoms. The summed E-state index contributed by atoms with van der Waals surface area (Å²) in [5.74, 6) is -0.0187. The first-order chi connectivity index (χ1) is 11.3. The summed E-state index contributed by atoms with van der Waals surface area (Å²) in [6.45, 7) is 5.70. The highest BCUT2D eigenvalue weighted by Gasteiger charge is 2.30. The number of hydrogen-bond acceptors (Lipinski definition) is 2. The van der Waals surface area contributed by atoms with Gasteiger partial charge in [-0.15, -0.1) is 0 Å². The number of rotatable bonds is 7. The quantitative estimate of drug-likeness (QED) is 0.766. The highest BCUT2D eigenvalue weighted by molar-refractivity contribution is 5.30. The summed E-state index contributed by atoms with van der Waals surface area (Å²) in [6.07, 6.45) is -0.565. The van der Waals surface area contributed by atoms with E-state index in [-0.39, 0.29) is 12.5 Å². The average molecular weight is 328 g/mol. The second-order valence-electron chi connectivity index (χ2n) is 7.44. The van der Waals surface area contributed by atoms with Gasteiger partial charge in [0.2, 0.25) is 0 Å². The third-order valence-electron chi connectivity index (χ3n) is 4.70. The standard InChI is InChI=1S/C21H30NO2/c1-16-5-9-18(10-6-16)20(15-22(3,4)13-14-23)21(24)19-11-7-17(2)8-12-19/h5-12,20-21,23-24H,13-15H2,1-4H3/q+1. The van der Waals surface area contributed by atoms with Crippen molar-refractivity contribution in [2.75, 3.05) is 33.8 Å². The molecule has 0 saturated heterocycles. The number of aryl methyl sites for hydroxylation is 2. The molecule has 24 heavy (non-hydrogen) atoms. The number of aliphatic hydroxyl groups excluding tert-OH is 2. The first-order valence-corrected chi connectivity index (χ1v) is 8.56. The smallest absolute Gasteiger partial charge is 0.102 e. The summed E-state index contributed by atoms with van der Waals surface area (Å²) in [4.78, 5) is 0. The van der Waals surface area contributed by atoms with E-state index in [0.717, 1.165) is 17.7 Å². The van der Waals surface area contributed by atoms with Crippen LogP contribution in [0.25, 0.3) is 0 Å². The number of benzene rings is 2. The van der Waals surface area contributed by atoms with Crippen molar-refractivity contribution in [3.8, 4) is 0 Å². The van der Waals surface area contributed by atoms with Crippen molar-refractivity contribution < 1.29 is 14.7 Å². The van der Waals surface area contributed by atoms with Gasteiger partial charge in [-0.25, -0.2) is 0 Å². The monoisotopic (exact) mass is 328 g/mol. The lowest BCUT2D eigenvalue weighted by Crippen LogP contribution is -2.45. The third kappa shape index (κ3) is 4.91. The van der Waals surface area contributed by atoms with Crippen LogP contribution in [0.15, 0.2) is 48.5 Å². The first kappa shape index (κ1) is 18.7. The Morgan fingerprint density at radius 1 is 0.833 bits per heavy atom. The Labute approximate surface area is 145 Å². The maximum atomic E-state index is 11.1. The van der Waals surface area contributed by atoms with Gasteiger partial charge in [-0.05, 0) is 25.0 Å². The Kier molecular flexibility index (Phi) is 6.16. The molecule has 2 aromatic carbocycles. The lowest BCUT2D eigenvalue weighted by atomic mass is 9.87. The SMILES string of the molecule is Cc1ccc(C(O)C(C[N+](C)(C)CCO)c2ccc(C)cc2)cc1. The second kappa shape index (κ2) is 7.93. The molecule has 0 bridgehead atoms. The molecule has 2 N–H and O–H groups in total. The Morgan fingerprint density at radius 2 is 1.29 bits per heavy atom. The molecule has 0 amide bonds. The summed E-state index contributed by atoms with van der Waals surface area (Å²) < 4.78 is 0.665. The zero-order valence-electron chi connectivity index (χ0n) is 15.2. The number of hydrogen-bond donors (Lipinski definition) is 2. The van der Waals surface area contributed by atoms with Crippen LogP contribution in [0.3, 0.4) is 0 Å². The lowest BCUT2D eigenvalue weighted by molar-refractivity contribution is -0.892. The molecular weight excluding hydrogens is 298 g/mol. The number of quaternary nitrogens is 1. The van der Waals surface area contributed by atoms with Crippen LogP contribution in [-0.4, -0.2) is 48.5 Å². The molecule has 2 rings (SSSR count). The largest absolute Gasteiger partial charge is 0.391 e. The average Bonchev–Trinajstić information content (AvgIpc) is 2.54. The summed E-state index contributed by atoms with van der Waals surface area (Å²) in [6, 6.07) is 16.5. The van der Waals surface area contributed by atoms with E-state index < -0.39 is 6.10 Å². The fourth-order valence-corrected chi connectivity index (χ4v) is 3.09. The van der Waals surface area contributed by atoms with E-state index in [9.17, 15) is 10.2 Å². The second-order valence-corrected chi connectivity index (χ2v) is 7.44.